The van der Waals surface area contributed by atoms with E-state index in [0.29, 0.717) is 3.70 Å². The zero-order valence-electron chi connectivity index (χ0n) is 10.4. The van der Waals surface area contributed by atoms with Crippen molar-refractivity contribution in [3.8, 4) is 0 Å². The van der Waals surface area contributed by atoms with Crippen molar-refractivity contribution < 1.29 is 24.2 Å². The van der Waals surface area contributed by atoms with E-state index < -0.39 is 23.8 Å². The predicted octanol–water partition coefficient (Wildman–Crippen LogP) is 0.305. The minimum absolute atomic E-state index is 0.0333. The van der Waals surface area contributed by atoms with Gasteiger partial charge in [0.15, 0.2) is 11.5 Å². The first-order chi connectivity index (χ1) is 9.43. The molecule has 1 amide bonds. The van der Waals surface area contributed by atoms with Crippen LogP contribution in [0.2, 0.25) is 0 Å². The van der Waals surface area contributed by atoms with Crippen LogP contribution in [0.15, 0.2) is 6.20 Å². The lowest BCUT2D eigenvalue weighted by Crippen LogP contribution is -2.29. The summed E-state index contributed by atoms with van der Waals surface area (Å²) in [6.45, 7) is -0.0343. The molecule has 0 spiro atoms. The third-order valence-electron chi connectivity index (χ3n) is 2.83. The number of hydrogen-bond donors (Lipinski definition) is 1. The molecule has 2 rings (SSSR count). The molecule has 1 aliphatic heterocycles. The highest BCUT2D eigenvalue weighted by atomic mass is 127. The second-order valence-electron chi connectivity index (χ2n) is 4.10. The van der Waals surface area contributed by atoms with E-state index in [9.17, 15) is 14.4 Å². The van der Waals surface area contributed by atoms with Gasteiger partial charge in [0.05, 0.1) is 19.2 Å². The Morgan fingerprint density at radius 1 is 1.55 bits per heavy atom. The highest BCUT2D eigenvalue weighted by molar-refractivity contribution is 14.1. The fourth-order valence-electron chi connectivity index (χ4n) is 1.87. The molecule has 20 heavy (non-hydrogen) atoms. The molecule has 1 aromatic rings. The Bertz CT molecular complexity index is 591. The normalized spacial score (nSPS) is 18.2. The molecule has 1 saturated heterocycles. The van der Waals surface area contributed by atoms with Crippen LogP contribution in [0.5, 0.6) is 0 Å². The molecule has 1 fully saturated rings. The number of halogens is 1. The summed E-state index contributed by atoms with van der Waals surface area (Å²) in [5.41, 5.74) is -0.0983. The van der Waals surface area contributed by atoms with E-state index >= 15 is 0 Å². The van der Waals surface area contributed by atoms with Crippen LogP contribution < -0.4 is 4.90 Å². The molecule has 8 nitrogen and oxygen atoms in total. The topological polar surface area (TPSA) is 110 Å². The van der Waals surface area contributed by atoms with Crippen molar-refractivity contribution >= 4 is 46.3 Å². The smallest absolute Gasteiger partial charge is 0.360 e. The van der Waals surface area contributed by atoms with Crippen LogP contribution in [-0.4, -0.2) is 46.6 Å². The van der Waals surface area contributed by atoms with Gasteiger partial charge in [-0.1, -0.05) is 0 Å². The van der Waals surface area contributed by atoms with Gasteiger partial charge in [-0.2, -0.15) is 0 Å². The first-order valence-corrected chi connectivity index (χ1v) is 6.66. The Kier molecular flexibility index (Phi) is 4.16. The number of carbonyl (C=O) groups is 3. The number of carboxylic acids is 1. The summed E-state index contributed by atoms with van der Waals surface area (Å²) in [5.74, 6) is -2.96. The predicted molar refractivity (Wildman–Crippen MR) is 74.2 cm³/mol. The maximum absolute atomic E-state index is 11.9. The van der Waals surface area contributed by atoms with Gasteiger partial charge in [-0.3, -0.25) is 14.5 Å². The number of methoxy groups -OCH3 is 1. The molecular weight excluding hydrogens is 381 g/mol. The van der Waals surface area contributed by atoms with Crippen LogP contribution in [0.25, 0.3) is 0 Å². The maximum Gasteiger partial charge on any atom is 0.360 e. The number of rotatable bonds is 3. The fourth-order valence-corrected chi connectivity index (χ4v) is 2.25. The Labute approximate surface area is 127 Å². The van der Waals surface area contributed by atoms with Crippen molar-refractivity contribution in [3.05, 3.63) is 15.6 Å². The number of esters is 1. The van der Waals surface area contributed by atoms with E-state index in [1.807, 2.05) is 22.6 Å². The van der Waals surface area contributed by atoms with Crippen molar-refractivity contribution in [1.82, 2.24) is 9.97 Å². The molecule has 2 heterocycles. The first kappa shape index (κ1) is 14.6. The quantitative estimate of drug-likeness (QED) is 0.583. The van der Waals surface area contributed by atoms with Crippen molar-refractivity contribution in [3.63, 3.8) is 0 Å². The van der Waals surface area contributed by atoms with Crippen molar-refractivity contribution in [2.45, 2.75) is 6.42 Å². The van der Waals surface area contributed by atoms with E-state index in [1.54, 1.807) is 0 Å². The molecule has 106 valence electrons. The third kappa shape index (κ3) is 2.71. The molecule has 0 aliphatic carbocycles. The van der Waals surface area contributed by atoms with Crippen molar-refractivity contribution in [1.29, 1.82) is 0 Å². The summed E-state index contributed by atoms with van der Waals surface area (Å²) in [6, 6.07) is 0. The van der Waals surface area contributed by atoms with E-state index in [-0.39, 0.29) is 24.5 Å². The Balaban J connectivity index is 2.40. The SMILES string of the molecule is COC(=O)c1nc(I)cnc1N1CC(C(=O)O)CC1=O. The lowest BCUT2D eigenvalue weighted by Gasteiger charge is -2.17. The lowest BCUT2D eigenvalue weighted by molar-refractivity contribution is -0.141. The fraction of sp³-hybridized carbons (Fsp3) is 0.364. The molecule has 1 aliphatic rings. The van der Waals surface area contributed by atoms with E-state index in [2.05, 4.69) is 14.7 Å². The molecule has 1 N–H and O–H groups in total. The van der Waals surface area contributed by atoms with Crippen LogP contribution in [-0.2, 0) is 14.3 Å². The summed E-state index contributed by atoms with van der Waals surface area (Å²) < 4.78 is 5.07. The van der Waals surface area contributed by atoms with E-state index in [4.69, 9.17) is 5.11 Å². The van der Waals surface area contributed by atoms with Gasteiger partial charge in [0.1, 0.15) is 3.70 Å². The summed E-state index contributed by atoms with van der Waals surface area (Å²) in [4.78, 5) is 43.7. The molecule has 1 atom stereocenters. The van der Waals surface area contributed by atoms with Gasteiger partial charge >= 0.3 is 11.9 Å². The second kappa shape index (κ2) is 5.69. The van der Waals surface area contributed by atoms with Gasteiger partial charge in [-0.05, 0) is 22.6 Å². The largest absolute Gasteiger partial charge is 0.481 e. The molecule has 1 unspecified atom stereocenters. The standard InChI is InChI=1S/C11H10IN3O5/c1-20-11(19)8-9(13-3-6(12)14-8)15-4-5(10(17)18)2-7(15)16/h3,5H,2,4H2,1H3,(H,17,18). The minimum atomic E-state index is -1.06. The van der Waals surface area contributed by atoms with Gasteiger partial charge in [0.25, 0.3) is 0 Å². The summed E-state index contributed by atoms with van der Waals surface area (Å²) >= 11 is 1.88. The van der Waals surface area contributed by atoms with Gasteiger partial charge in [0, 0.05) is 13.0 Å². The summed E-state index contributed by atoms with van der Waals surface area (Å²) in [6.07, 6.45) is 1.27. The van der Waals surface area contributed by atoms with Crippen molar-refractivity contribution in [2.24, 2.45) is 5.92 Å². The number of carboxylic acid groups (broad SMARTS) is 1. The Hall–Kier alpha value is -1.78. The van der Waals surface area contributed by atoms with Crippen molar-refractivity contribution in [2.75, 3.05) is 18.6 Å². The van der Waals surface area contributed by atoms with E-state index in [0.717, 1.165) is 4.90 Å². The Morgan fingerprint density at radius 2 is 2.25 bits per heavy atom. The first-order valence-electron chi connectivity index (χ1n) is 5.58. The molecule has 0 saturated carbocycles. The number of hydrogen-bond acceptors (Lipinski definition) is 6. The lowest BCUT2D eigenvalue weighted by atomic mass is 10.1. The van der Waals surface area contributed by atoms with Crippen LogP contribution >= 0.6 is 22.6 Å². The van der Waals surface area contributed by atoms with Crippen LogP contribution in [0.1, 0.15) is 16.9 Å². The number of carbonyl (C=O) groups excluding carboxylic acids is 2. The molecule has 1 aromatic heterocycles. The van der Waals surface area contributed by atoms with Gasteiger partial charge in [-0.25, -0.2) is 14.8 Å². The van der Waals surface area contributed by atoms with Crippen LogP contribution in [0.4, 0.5) is 5.82 Å². The molecular formula is C11H10IN3O5. The van der Waals surface area contributed by atoms with Gasteiger partial charge < -0.3 is 9.84 Å². The van der Waals surface area contributed by atoms with E-state index in [1.165, 1.54) is 13.3 Å². The second-order valence-corrected chi connectivity index (χ2v) is 5.21. The maximum atomic E-state index is 11.9. The molecule has 0 radical (unpaired) electrons. The molecule has 9 heteroatoms. The van der Waals surface area contributed by atoms with Crippen LogP contribution in [0, 0.1) is 9.62 Å². The van der Waals surface area contributed by atoms with Crippen LogP contribution in [0.3, 0.4) is 0 Å². The number of aliphatic carboxylic acids is 1. The monoisotopic (exact) mass is 391 g/mol. The average molecular weight is 391 g/mol. The number of ether oxygens (including phenoxy) is 1. The zero-order chi connectivity index (χ0) is 14.9. The summed E-state index contributed by atoms with van der Waals surface area (Å²) in [5, 5.41) is 8.96. The number of nitrogens with zero attached hydrogens (tertiary/aromatic N) is 3. The summed E-state index contributed by atoms with van der Waals surface area (Å²) in [7, 11) is 1.19. The minimum Gasteiger partial charge on any atom is -0.481 e. The van der Waals surface area contributed by atoms with Gasteiger partial charge in [0.2, 0.25) is 5.91 Å². The zero-order valence-corrected chi connectivity index (χ0v) is 12.5. The number of aromatic nitrogens is 2. The third-order valence-corrected chi connectivity index (χ3v) is 3.35. The number of anilines is 1. The highest BCUT2D eigenvalue weighted by Crippen LogP contribution is 2.26. The average Bonchev–Trinajstić information content (AvgIpc) is 2.80. The number of amides is 1. The highest BCUT2D eigenvalue weighted by Gasteiger charge is 2.38. The molecule has 0 aromatic carbocycles. The van der Waals surface area contributed by atoms with Gasteiger partial charge in [-0.15, -0.1) is 0 Å². The Morgan fingerprint density at radius 3 is 2.80 bits per heavy atom. The molecule has 0 bridgehead atoms.